The van der Waals surface area contributed by atoms with Gasteiger partial charge < -0.3 is 9.84 Å². The Hall–Kier alpha value is -2.22. The summed E-state index contributed by atoms with van der Waals surface area (Å²) in [7, 11) is 0. The van der Waals surface area contributed by atoms with Crippen molar-refractivity contribution >= 4 is 11.7 Å². The number of aryl methyl sites for hydroxylation is 2. The Bertz CT molecular complexity index is 758. The van der Waals surface area contributed by atoms with Gasteiger partial charge >= 0.3 is 0 Å². The Kier molecular flexibility index (Phi) is 4.64. The number of amides is 1. The summed E-state index contributed by atoms with van der Waals surface area (Å²) in [6, 6.07) is 1.94. The molecule has 0 radical (unpaired) electrons. The van der Waals surface area contributed by atoms with Crippen LogP contribution in [0.25, 0.3) is 0 Å². The van der Waals surface area contributed by atoms with Crippen LogP contribution in [-0.4, -0.2) is 43.8 Å². The van der Waals surface area contributed by atoms with E-state index >= 15 is 0 Å². The van der Waals surface area contributed by atoms with Gasteiger partial charge in [0.25, 0.3) is 0 Å². The van der Waals surface area contributed by atoms with Gasteiger partial charge in [-0.3, -0.25) is 9.69 Å². The number of carbonyl (C=O) groups is 1. The third-order valence-corrected chi connectivity index (χ3v) is 4.29. The Morgan fingerprint density at radius 1 is 1.40 bits per heavy atom. The first kappa shape index (κ1) is 17.6. The van der Waals surface area contributed by atoms with Crippen molar-refractivity contribution < 1.29 is 9.32 Å². The van der Waals surface area contributed by atoms with E-state index in [0.717, 1.165) is 30.9 Å². The van der Waals surface area contributed by atoms with Gasteiger partial charge in [-0.2, -0.15) is 10.1 Å². The molecule has 2 aromatic heterocycles. The fourth-order valence-corrected chi connectivity index (χ4v) is 3.22. The molecule has 1 saturated heterocycles. The average molecular weight is 346 g/mol. The van der Waals surface area contributed by atoms with Crippen molar-refractivity contribution in [3.05, 3.63) is 23.5 Å². The molecule has 1 aliphatic rings. The summed E-state index contributed by atoms with van der Waals surface area (Å²) in [6.07, 6.45) is 1.95. The number of nitrogens with one attached hydrogen (secondary N) is 1. The normalized spacial score (nSPS) is 18.7. The maximum Gasteiger partial charge on any atom is 0.239 e. The van der Waals surface area contributed by atoms with E-state index in [1.807, 2.05) is 17.7 Å². The zero-order chi connectivity index (χ0) is 18.2. The third-order valence-electron chi connectivity index (χ3n) is 4.29. The average Bonchev–Trinajstić information content (AvgIpc) is 3.18. The number of rotatable bonds is 4. The highest BCUT2D eigenvalue weighted by molar-refractivity contribution is 5.91. The van der Waals surface area contributed by atoms with Gasteiger partial charge in [-0.25, -0.2) is 4.68 Å². The van der Waals surface area contributed by atoms with Crippen LogP contribution >= 0.6 is 0 Å². The van der Waals surface area contributed by atoms with Crippen molar-refractivity contribution in [1.82, 2.24) is 24.8 Å². The van der Waals surface area contributed by atoms with Gasteiger partial charge in [0.15, 0.2) is 5.82 Å². The molecule has 1 atom stereocenters. The highest BCUT2D eigenvalue weighted by Crippen LogP contribution is 2.30. The smallest absolute Gasteiger partial charge is 0.239 e. The number of aromatic nitrogens is 4. The van der Waals surface area contributed by atoms with Crippen LogP contribution in [0, 0.1) is 13.8 Å². The summed E-state index contributed by atoms with van der Waals surface area (Å²) in [6.45, 7) is 11.0. The first-order valence-corrected chi connectivity index (χ1v) is 8.65. The number of carbonyl (C=O) groups excluding carboxylic acids is 1. The van der Waals surface area contributed by atoms with Crippen LogP contribution in [0.15, 0.2) is 10.6 Å². The van der Waals surface area contributed by atoms with E-state index in [4.69, 9.17) is 4.52 Å². The van der Waals surface area contributed by atoms with Gasteiger partial charge in [0.2, 0.25) is 11.8 Å². The van der Waals surface area contributed by atoms with Crippen LogP contribution in [0.4, 0.5) is 5.82 Å². The zero-order valence-electron chi connectivity index (χ0n) is 15.5. The van der Waals surface area contributed by atoms with E-state index in [9.17, 15) is 4.79 Å². The fraction of sp³-hybridized carbons (Fsp3) is 0.647. The molecular formula is C17H26N6O2. The quantitative estimate of drug-likeness (QED) is 0.914. The van der Waals surface area contributed by atoms with E-state index < -0.39 is 0 Å². The first-order chi connectivity index (χ1) is 11.7. The lowest BCUT2D eigenvalue weighted by Gasteiger charge is -2.24. The van der Waals surface area contributed by atoms with Crippen LogP contribution in [0.5, 0.6) is 0 Å². The van der Waals surface area contributed by atoms with Crippen molar-refractivity contribution in [1.29, 1.82) is 0 Å². The molecule has 3 heterocycles. The summed E-state index contributed by atoms with van der Waals surface area (Å²) >= 11 is 0. The molecule has 0 bridgehead atoms. The van der Waals surface area contributed by atoms with Gasteiger partial charge in [0, 0.05) is 13.0 Å². The summed E-state index contributed by atoms with van der Waals surface area (Å²) in [5.74, 6) is 1.88. The van der Waals surface area contributed by atoms with Crippen molar-refractivity contribution in [2.24, 2.45) is 0 Å². The van der Waals surface area contributed by atoms with Gasteiger partial charge in [0.05, 0.1) is 23.8 Å². The van der Waals surface area contributed by atoms with Gasteiger partial charge in [-0.15, -0.1) is 0 Å². The molecule has 0 aromatic carbocycles. The molecule has 8 heteroatoms. The molecule has 2 aromatic rings. The van der Waals surface area contributed by atoms with E-state index in [2.05, 4.69) is 46.2 Å². The maximum atomic E-state index is 12.6. The Balaban J connectivity index is 1.69. The highest BCUT2D eigenvalue weighted by atomic mass is 16.5. The second-order valence-corrected chi connectivity index (χ2v) is 7.60. The minimum atomic E-state index is -0.199. The lowest BCUT2D eigenvalue weighted by atomic mass is 10.1. The second-order valence-electron chi connectivity index (χ2n) is 7.60. The lowest BCUT2D eigenvalue weighted by Crippen LogP contribution is -2.34. The molecule has 136 valence electrons. The topological polar surface area (TPSA) is 89.1 Å². The lowest BCUT2D eigenvalue weighted by molar-refractivity contribution is -0.117. The van der Waals surface area contributed by atoms with Crippen molar-refractivity contribution in [2.75, 3.05) is 18.4 Å². The molecule has 0 spiro atoms. The number of anilines is 1. The molecule has 1 aliphatic heterocycles. The molecule has 0 saturated carbocycles. The zero-order valence-corrected chi connectivity index (χ0v) is 15.5. The SMILES string of the molecule is Cc1cc(NC(=O)CN2CCCC2c2noc(C)n2)n(C(C)(C)C)n1. The monoisotopic (exact) mass is 346 g/mol. The highest BCUT2D eigenvalue weighted by Gasteiger charge is 2.31. The molecule has 8 nitrogen and oxygen atoms in total. The number of hydrogen-bond acceptors (Lipinski definition) is 6. The van der Waals surface area contributed by atoms with Crippen molar-refractivity contribution in [3.8, 4) is 0 Å². The maximum absolute atomic E-state index is 12.6. The van der Waals surface area contributed by atoms with Crippen molar-refractivity contribution in [2.45, 2.75) is 59.0 Å². The molecule has 25 heavy (non-hydrogen) atoms. The minimum absolute atomic E-state index is 0.0393. The summed E-state index contributed by atoms with van der Waals surface area (Å²) in [4.78, 5) is 19.0. The standard InChI is InChI=1S/C17H26N6O2/c1-11-9-14(23(20-11)17(3,4)5)19-15(24)10-22-8-6-7-13(22)16-18-12(2)25-21-16/h9,13H,6-8,10H2,1-5H3,(H,19,24). The second kappa shape index (κ2) is 6.59. The summed E-state index contributed by atoms with van der Waals surface area (Å²) in [5.41, 5.74) is 0.682. The Labute approximate surface area is 147 Å². The van der Waals surface area contributed by atoms with E-state index in [1.54, 1.807) is 6.92 Å². The number of nitrogens with zero attached hydrogens (tertiary/aromatic N) is 5. The van der Waals surface area contributed by atoms with E-state index in [0.29, 0.717) is 18.3 Å². The van der Waals surface area contributed by atoms with Gasteiger partial charge in [0.1, 0.15) is 5.82 Å². The summed E-state index contributed by atoms with van der Waals surface area (Å²) < 4.78 is 6.93. The molecule has 1 unspecified atom stereocenters. The fourth-order valence-electron chi connectivity index (χ4n) is 3.22. The molecule has 1 fully saturated rings. The predicted molar refractivity (Wildman–Crippen MR) is 93.2 cm³/mol. The van der Waals surface area contributed by atoms with Crippen LogP contribution in [0.2, 0.25) is 0 Å². The van der Waals surface area contributed by atoms with E-state index in [-0.39, 0.29) is 17.5 Å². The van der Waals surface area contributed by atoms with Crippen LogP contribution < -0.4 is 5.32 Å². The van der Waals surface area contributed by atoms with Gasteiger partial charge in [-0.1, -0.05) is 5.16 Å². The predicted octanol–water partition coefficient (Wildman–Crippen LogP) is 2.41. The van der Waals surface area contributed by atoms with Crippen molar-refractivity contribution in [3.63, 3.8) is 0 Å². The van der Waals surface area contributed by atoms with E-state index in [1.165, 1.54) is 0 Å². The van der Waals surface area contributed by atoms with Crippen LogP contribution in [-0.2, 0) is 10.3 Å². The molecule has 3 rings (SSSR count). The molecular weight excluding hydrogens is 320 g/mol. The molecule has 1 N–H and O–H groups in total. The number of likely N-dealkylation sites (tertiary alicyclic amines) is 1. The van der Waals surface area contributed by atoms with Gasteiger partial charge in [-0.05, 0) is 47.1 Å². The third kappa shape index (κ3) is 3.89. The molecule has 1 amide bonds. The molecule has 0 aliphatic carbocycles. The van der Waals surface area contributed by atoms with Crippen LogP contribution in [0.3, 0.4) is 0 Å². The van der Waals surface area contributed by atoms with Crippen LogP contribution in [0.1, 0.15) is 57.1 Å². The minimum Gasteiger partial charge on any atom is -0.340 e. The Morgan fingerprint density at radius 2 is 2.16 bits per heavy atom. The first-order valence-electron chi connectivity index (χ1n) is 8.65. The summed E-state index contributed by atoms with van der Waals surface area (Å²) in [5, 5.41) is 11.5. The number of hydrogen-bond donors (Lipinski definition) is 1. The largest absolute Gasteiger partial charge is 0.340 e. The Morgan fingerprint density at radius 3 is 2.80 bits per heavy atom.